The van der Waals surface area contributed by atoms with Crippen molar-refractivity contribution in [3.8, 4) is 11.5 Å². The predicted molar refractivity (Wildman–Crippen MR) is 67.3 cm³/mol. The van der Waals surface area contributed by atoms with Crippen LogP contribution in [0.4, 0.5) is 0 Å². The van der Waals surface area contributed by atoms with Crippen molar-refractivity contribution in [3.05, 3.63) is 18.2 Å². The zero-order chi connectivity index (χ0) is 13.2. The maximum Gasteiger partial charge on any atom is 0.241 e. The Balaban J connectivity index is 2.34. The van der Waals surface area contributed by atoms with Crippen LogP contribution in [-0.4, -0.2) is 21.6 Å². The lowest BCUT2D eigenvalue weighted by molar-refractivity contribution is 0.203. The van der Waals surface area contributed by atoms with Gasteiger partial charge in [-0.1, -0.05) is 0 Å². The topological polar surface area (TPSA) is 78.6 Å². The van der Waals surface area contributed by atoms with Gasteiger partial charge in [0.15, 0.2) is 0 Å². The van der Waals surface area contributed by atoms with Crippen LogP contribution in [0.25, 0.3) is 0 Å². The second kappa shape index (κ2) is 5.16. The van der Waals surface area contributed by atoms with Gasteiger partial charge in [-0.15, -0.1) is 0 Å². The van der Waals surface area contributed by atoms with E-state index >= 15 is 0 Å². The van der Waals surface area contributed by atoms with Crippen LogP contribution in [0.1, 0.15) is 25.7 Å². The Hall–Kier alpha value is -1.27. The largest absolute Gasteiger partial charge is 0.497 e. The van der Waals surface area contributed by atoms with Gasteiger partial charge < -0.3 is 9.47 Å². The lowest BCUT2D eigenvalue weighted by Gasteiger charge is -2.16. The number of sulfonamides is 1. The summed E-state index contributed by atoms with van der Waals surface area (Å²) in [5, 5.41) is 5.17. The van der Waals surface area contributed by atoms with Gasteiger partial charge in [0.1, 0.15) is 16.4 Å². The number of benzene rings is 1. The molecule has 0 amide bonds. The minimum absolute atomic E-state index is 0.00944. The fourth-order valence-electron chi connectivity index (χ4n) is 2.13. The Kier molecular flexibility index (Phi) is 3.77. The summed E-state index contributed by atoms with van der Waals surface area (Å²) in [6.07, 6.45) is 4.18. The second-order valence-electron chi connectivity index (χ2n) is 4.38. The number of hydrogen-bond donors (Lipinski definition) is 1. The molecule has 1 aromatic carbocycles. The summed E-state index contributed by atoms with van der Waals surface area (Å²) in [7, 11) is -2.26. The molecule has 5 nitrogen and oxygen atoms in total. The van der Waals surface area contributed by atoms with Gasteiger partial charge in [-0.2, -0.15) is 0 Å². The molecule has 2 rings (SSSR count). The Morgan fingerprint density at radius 2 is 1.94 bits per heavy atom. The van der Waals surface area contributed by atoms with Crippen molar-refractivity contribution in [1.29, 1.82) is 0 Å². The lowest BCUT2D eigenvalue weighted by Crippen LogP contribution is -2.17. The van der Waals surface area contributed by atoms with E-state index in [0.717, 1.165) is 25.7 Å². The van der Waals surface area contributed by atoms with Gasteiger partial charge in [0.05, 0.1) is 13.2 Å². The van der Waals surface area contributed by atoms with Gasteiger partial charge in [0.2, 0.25) is 10.0 Å². The van der Waals surface area contributed by atoms with Crippen LogP contribution in [0.15, 0.2) is 23.1 Å². The van der Waals surface area contributed by atoms with Crippen LogP contribution in [0, 0.1) is 0 Å². The van der Waals surface area contributed by atoms with E-state index in [-0.39, 0.29) is 16.7 Å². The summed E-state index contributed by atoms with van der Waals surface area (Å²) in [4.78, 5) is 0.00944. The highest BCUT2D eigenvalue weighted by atomic mass is 32.2. The van der Waals surface area contributed by atoms with Crippen molar-refractivity contribution >= 4 is 10.0 Å². The van der Waals surface area contributed by atoms with Crippen molar-refractivity contribution in [2.75, 3.05) is 7.11 Å². The van der Waals surface area contributed by atoms with Crippen LogP contribution < -0.4 is 14.6 Å². The van der Waals surface area contributed by atoms with Crippen LogP contribution in [0.2, 0.25) is 0 Å². The average Bonchev–Trinajstić information content (AvgIpc) is 2.80. The fraction of sp³-hybridized carbons (Fsp3) is 0.500. The fourth-order valence-corrected chi connectivity index (χ4v) is 2.77. The first-order chi connectivity index (χ1) is 8.50. The molecule has 100 valence electrons. The molecule has 0 spiro atoms. The maximum atomic E-state index is 11.5. The molecule has 18 heavy (non-hydrogen) atoms. The first kappa shape index (κ1) is 13.2. The molecule has 0 aromatic heterocycles. The number of nitrogens with two attached hydrogens (primary N) is 1. The predicted octanol–water partition coefficient (Wildman–Crippen LogP) is 1.66. The Labute approximate surface area is 107 Å². The highest BCUT2D eigenvalue weighted by Gasteiger charge is 2.22. The quantitative estimate of drug-likeness (QED) is 0.903. The Morgan fingerprint density at radius 3 is 2.50 bits per heavy atom. The third-order valence-electron chi connectivity index (χ3n) is 3.05. The van der Waals surface area contributed by atoms with Gasteiger partial charge in [0, 0.05) is 6.07 Å². The summed E-state index contributed by atoms with van der Waals surface area (Å²) in [6, 6.07) is 4.54. The summed E-state index contributed by atoms with van der Waals surface area (Å²) in [6.45, 7) is 0. The smallest absolute Gasteiger partial charge is 0.241 e. The normalized spacial score (nSPS) is 16.8. The minimum Gasteiger partial charge on any atom is -0.497 e. The van der Waals surface area contributed by atoms with Gasteiger partial charge in [-0.25, -0.2) is 13.6 Å². The van der Waals surface area contributed by atoms with Crippen molar-refractivity contribution in [2.24, 2.45) is 5.14 Å². The number of hydrogen-bond acceptors (Lipinski definition) is 4. The number of primary sulfonamides is 1. The minimum atomic E-state index is -3.78. The van der Waals surface area contributed by atoms with Gasteiger partial charge >= 0.3 is 0 Å². The molecule has 1 fully saturated rings. The summed E-state index contributed by atoms with van der Waals surface area (Å²) in [5.74, 6) is 0.833. The maximum absolute atomic E-state index is 11.5. The molecule has 1 saturated carbocycles. The average molecular weight is 271 g/mol. The summed E-state index contributed by atoms with van der Waals surface area (Å²) >= 11 is 0. The first-order valence-electron chi connectivity index (χ1n) is 5.88. The van der Waals surface area contributed by atoms with Crippen molar-refractivity contribution in [1.82, 2.24) is 0 Å². The van der Waals surface area contributed by atoms with E-state index in [1.54, 1.807) is 12.1 Å². The Bertz CT molecular complexity index is 521. The van der Waals surface area contributed by atoms with Crippen LogP contribution in [-0.2, 0) is 10.0 Å². The van der Waals surface area contributed by atoms with Crippen LogP contribution in [0.5, 0.6) is 11.5 Å². The third kappa shape index (κ3) is 2.94. The van der Waals surface area contributed by atoms with Crippen molar-refractivity contribution in [2.45, 2.75) is 36.7 Å². The monoisotopic (exact) mass is 271 g/mol. The summed E-state index contributed by atoms with van der Waals surface area (Å²) < 4.78 is 33.8. The molecule has 0 unspecified atom stereocenters. The molecule has 0 radical (unpaired) electrons. The SMILES string of the molecule is COc1ccc(S(N)(=O)=O)c(OC2CCCC2)c1. The van der Waals surface area contributed by atoms with Gasteiger partial charge in [-0.3, -0.25) is 0 Å². The molecule has 0 aliphatic heterocycles. The standard InChI is InChI=1S/C12H17NO4S/c1-16-10-6-7-12(18(13,14)15)11(8-10)17-9-4-2-3-5-9/h6-9H,2-5H2,1H3,(H2,13,14,15). The van der Waals surface area contributed by atoms with E-state index in [4.69, 9.17) is 14.6 Å². The van der Waals surface area contributed by atoms with E-state index in [0.29, 0.717) is 5.75 Å². The van der Waals surface area contributed by atoms with Crippen LogP contribution >= 0.6 is 0 Å². The summed E-state index contributed by atoms with van der Waals surface area (Å²) in [5.41, 5.74) is 0. The van der Waals surface area contributed by atoms with E-state index in [2.05, 4.69) is 0 Å². The molecule has 1 aliphatic carbocycles. The number of ether oxygens (including phenoxy) is 2. The van der Waals surface area contributed by atoms with Crippen LogP contribution in [0.3, 0.4) is 0 Å². The lowest BCUT2D eigenvalue weighted by atomic mass is 10.3. The number of methoxy groups -OCH3 is 1. The van der Waals surface area contributed by atoms with E-state index in [9.17, 15) is 8.42 Å². The molecule has 2 N–H and O–H groups in total. The van der Waals surface area contributed by atoms with E-state index in [1.807, 2.05) is 0 Å². The molecule has 6 heteroatoms. The molecular weight excluding hydrogens is 254 g/mol. The molecule has 0 bridgehead atoms. The highest BCUT2D eigenvalue weighted by Crippen LogP contribution is 2.31. The molecule has 0 atom stereocenters. The molecular formula is C12H17NO4S. The third-order valence-corrected chi connectivity index (χ3v) is 4.00. The Morgan fingerprint density at radius 1 is 1.28 bits per heavy atom. The molecule has 1 aromatic rings. The van der Waals surface area contributed by atoms with Gasteiger partial charge in [0.25, 0.3) is 0 Å². The van der Waals surface area contributed by atoms with Gasteiger partial charge in [-0.05, 0) is 37.8 Å². The van der Waals surface area contributed by atoms with E-state index in [1.165, 1.54) is 13.2 Å². The van der Waals surface area contributed by atoms with Crippen molar-refractivity contribution < 1.29 is 17.9 Å². The second-order valence-corrected chi connectivity index (χ2v) is 5.91. The number of rotatable bonds is 4. The zero-order valence-corrected chi connectivity index (χ0v) is 11.1. The van der Waals surface area contributed by atoms with E-state index < -0.39 is 10.0 Å². The highest BCUT2D eigenvalue weighted by molar-refractivity contribution is 7.89. The first-order valence-corrected chi connectivity index (χ1v) is 7.43. The zero-order valence-electron chi connectivity index (χ0n) is 10.3. The van der Waals surface area contributed by atoms with Crippen molar-refractivity contribution in [3.63, 3.8) is 0 Å². The molecule has 1 aliphatic rings. The molecule has 0 heterocycles. The molecule has 0 saturated heterocycles.